The van der Waals surface area contributed by atoms with E-state index in [9.17, 15) is 17.6 Å². The van der Waals surface area contributed by atoms with Gasteiger partial charge in [-0.05, 0) is 18.2 Å². The van der Waals surface area contributed by atoms with Crippen LogP contribution in [0, 0.1) is 17.7 Å². The maximum absolute atomic E-state index is 14.1. The Hall–Kier alpha value is -2.87. The van der Waals surface area contributed by atoms with E-state index in [-0.39, 0.29) is 16.5 Å². The number of rotatable bonds is 5. The Bertz CT molecular complexity index is 1240. The molecule has 0 fully saturated rings. The summed E-state index contributed by atoms with van der Waals surface area (Å²) in [5.74, 6) is 3.16. The molecule has 11 heteroatoms. The molecule has 0 saturated carbocycles. The number of carbonyl (C=O) groups is 1. The van der Waals surface area contributed by atoms with Crippen molar-refractivity contribution in [3.63, 3.8) is 0 Å². The van der Waals surface area contributed by atoms with Crippen molar-refractivity contribution >= 4 is 45.0 Å². The van der Waals surface area contributed by atoms with E-state index in [1.807, 2.05) is 0 Å². The number of thioether (sulfide) groups is 1. The van der Waals surface area contributed by atoms with Gasteiger partial charge in [0, 0.05) is 24.1 Å². The zero-order valence-corrected chi connectivity index (χ0v) is 18.6. The van der Waals surface area contributed by atoms with E-state index in [1.54, 1.807) is 31.3 Å². The summed E-state index contributed by atoms with van der Waals surface area (Å²) in [5, 5.41) is 10.4. The minimum absolute atomic E-state index is 0.0827. The van der Waals surface area contributed by atoms with Crippen molar-refractivity contribution in [2.75, 3.05) is 18.9 Å². The molecule has 1 unspecified atom stereocenters. The smallest absolute Gasteiger partial charge is 0.338 e. The highest BCUT2D eigenvalue weighted by Crippen LogP contribution is 2.35. The van der Waals surface area contributed by atoms with Gasteiger partial charge in [0.15, 0.2) is 5.03 Å². The average Bonchev–Trinajstić information content (AvgIpc) is 3.08. The lowest BCUT2D eigenvalue weighted by Crippen LogP contribution is -2.29. The summed E-state index contributed by atoms with van der Waals surface area (Å²) in [7, 11) is -1.37. The van der Waals surface area contributed by atoms with Crippen LogP contribution in [-0.4, -0.2) is 43.9 Å². The van der Waals surface area contributed by atoms with Crippen LogP contribution in [0.3, 0.4) is 0 Å². The van der Waals surface area contributed by atoms with Gasteiger partial charge in [-0.25, -0.2) is 9.18 Å². The summed E-state index contributed by atoms with van der Waals surface area (Å²) < 4.78 is 47.1. The second-order valence-corrected chi connectivity index (χ2v) is 9.24. The Morgan fingerprint density at radius 3 is 2.71 bits per heavy atom. The van der Waals surface area contributed by atoms with Crippen molar-refractivity contribution in [3.8, 4) is 17.6 Å². The maximum Gasteiger partial charge on any atom is 0.338 e. The van der Waals surface area contributed by atoms with Crippen LogP contribution < -0.4 is 9.46 Å². The molecule has 0 spiro atoms. The summed E-state index contributed by atoms with van der Waals surface area (Å²) in [4.78, 5) is 12.5. The van der Waals surface area contributed by atoms with E-state index in [4.69, 9.17) is 21.4 Å². The van der Waals surface area contributed by atoms with Crippen LogP contribution in [0.25, 0.3) is 0 Å². The number of methoxy groups -OCH3 is 1. The van der Waals surface area contributed by atoms with E-state index in [0.29, 0.717) is 10.6 Å². The third-order valence-corrected chi connectivity index (χ3v) is 7.22. The molecular weight excluding hydrogens is 467 g/mol. The van der Waals surface area contributed by atoms with Crippen LogP contribution in [0.1, 0.15) is 15.9 Å². The SMILES string of the molecule is COc1cc(C(=O)O)c(F)cc1NS(=O)(=O)C1=CSC(C#Cc2ccccc2Cl)N1C. The maximum atomic E-state index is 14.1. The van der Waals surface area contributed by atoms with Gasteiger partial charge in [0.25, 0.3) is 10.0 Å². The van der Waals surface area contributed by atoms with Gasteiger partial charge in [-0.2, -0.15) is 8.42 Å². The first kappa shape index (κ1) is 22.8. The van der Waals surface area contributed by atoms with E-state index in [1.165, 1.54) is 29.2 Å². The molecule has 1 aliphatic heterocycles. The number of hydrogen-bond acceptors (Lipinski definition) is 6. The Labute approximate surface area is 187 Å². The summed E-state index contributed by atoms with van der Waals surface area (Å²) in [6, 6.07) is 8.70. The standard InChI is InChI=1S/C20H16ClFN2O5S2/c1-24-18(8-7-12-5-3-4-6-14(12)21)30-11-19(24)31(27,28)23-16-10-15(22)13(20(25)26)9-17(16)29-2/h3-6,9-11,18,23H,1-2H3,(H,25,26). The van der Waals surface area contributed by atoms with Crippen LogP contribution in [-0.2, 0) is 10.0 Å². The molecule has 1 aliphatic rings. The summed E-state index contributed by atoms with van der Waals surface area (Å²) in [5.41, 5.74) is -0.247. The molecule has 0 radical (unpaired) electrons. The van der Waals surface area contributed by atoms with Crippen molar-refractivity contribution in [3.05, 3.63) is 68.8 Å². The van der Waals surface area contributed by atoms with Crippen molar-refractivity contribution in [1.82, 2.24) is 4.90 Å². The number of aromatic carboxylic acids is 1. The predicted octanol–water partition coefficient (Wildman–Crippen LogP) is 3.78. The number of benzene rings is 2. The van der Waals surface area contributed by atoms with Crippen molar-refractivity contribution in [1.29, 1.82) is 0 Å². The molecule has 31 heavy (non-hydrogen) atoms. The zero-order valence-electron chi connectivity index (χ0n) is 16.2. The zero-order chi connectivity index (χ0) is 22.8. The lowest BCUT2D eigenvalue weighted by molar-refractivity contribution is 0.0691. The third kappa shape index (κ3) is 4.90. The number of hydrogen-bond donors (Lipinski definition) is 2. The monoisotopic (exact) mass is 482 g/mol. The fraction of sp³-hybridized carbons (Fsp3) is 0.150. The van der Waals surface area contributed by atoms with Crippen molar-refractivity contribution in [2.24, 2.45) is 0 Å². The number of nitrogens with zero attached hydrogens (tertiary/aromatic N) is 1. The Kier molecular flexibility index (Phi) is 6.69. The molecule has 2 aromatic rings. The quantitative estimate of drug-likeness (QED) is 0.626. The molecule has 1 heterocycles. The van der Waals surface area contributed by atoms with Gasteiger partial charge >= 0.3 is 5.97 Å². The predicted molar refractivity (Wildman–Crippen MR) is 118 cm³/mol. The Morgan fingerprint density at radius 1 is 1.35 bits per heavy atom. The van der Waals surface area contributed by atoms with Gasteiger partial charge < -0.3 is 14.7 Å². The van der Waals surface area contributed by atoms with Crippen molar-refractivity contribution < 1.29 is 27.4 Å². The van der Waals surface area contributed by atoms with E-state index in [0.717, 1.165) is 12.1 Å². The first-order chi connectivity index (χ1) is 14.6. The van der Waals surface area contributed by atoms with E-state index in [2.05, 4.69) is 16.6 Å². The second kappa shape index (κ2) is 9.09. The van der Waals surface area contributed by atoms with Gasteiger partial charge in [-0.3, -0.25) is 4.72 Å². The Morgan fingerprint density at radius 2 is 2.06 bits per heavy atom. The summed E-state index contributed by atoms with van der Waals surface area (Å²) in [6.07, 6.45) is 0. The van der Waals surface area contributed by atoms with Crippen LogP contribution in [0.2, 0.25) is 5.02 Å². The highest BCUT2D eigenvalue weighted by molar-refractivity contribution is 8.05. The van der Waals surface area contributed by atoms with Crippen LogP contribution in [0.5, 0.6) is 5.75 Å². The molecule has 1 atom stereocenters. The lowest BCUT2D eigenvalue weighted by atomic mass is 10.2. The fourth-order valence-electron chi connectivity index (χ4n) is 2.66. The molecule has 0 saturated heterocycles. The molecule has 0 amide bonds. The molecule has 0 bridgehead atoms. The minimum Gasteiger partial charge on any atom is -0.495 e. The molecule has 0 aliphatic carbocycles. The fourth-order valence-corrected chi connectivity index (χ4v) is 5.46. The van der Waals surface area contributed by atoms with Crippen molar-refractivity contribution in [2.45, 2.75) is 5.37 Å². The highest BCUT2D eigenvalue weighted by atomic mass is 35.5. The number of ether oxygens (including phenoxy) is 1. The molecule has 162 valence electrons. The van der Waals surface area contributed by atoms with E-state index >= 15 is 0 Å². The number of nitrogens with one attached hydrogen (secondary N) is 1. The molecule has 3 rings (SSSR count). The lowest BCUT2D eigenvalue weighted by Gasteiger charge is -2.21. The first-order valence-electron chi connectivity index (χ1n) is 8.62. The largest absolute Gasteiger partial charge is 0.495 e. The van der Waals surface area contributed by atoms with Crippen LogP contribution in [0.4, 0.5) is 10.1 Å². The number of sulfonamides is 1. The van der Waals surface area contributed by atoms with Crippen LogP contribution >= 0.6 is 23.4 Å². The van der Waals surface area contributed by atoms with E-state index < -0.39 is 32.7 Å². The van der Waals surface area contributed by atoms with Gasteiger partial charge in [0.1, 0.15) is 16.9 Å². The van der Waals surface area contributed by atoms with Gasteiger partial charge in [0.2, 0.25) is 0 Å². The summed E-state index contributed by atoms with van der Waals surface area (Å²) >= 11 is 7.27. The summed E-state index contributed by atoms with van der Waals surface area (Å²) in [6.45, 7) is 0. The first-order valence-corrected chi connectivity index (χ1v) is 11.4. The third-order valence-electron chi connectivity index (χ3n) is 4.24. The van der Waals surface area contributed by atoms with Crippen LogP contribution in [0.15, 0.2) is 46.8 Å². The molecule has 0 aromatic heterocycles. The highest BCUT2D eigenvalue weighted by Gasteiger charge is 2.32. The molecule has 2 N–H and O–H groups in total. The molecule has 7 nitrogen and oxygen atoms in total. The molecule has 2 aromatic carbocycles. The number of carboxylic acids is 1. The number of carboxylic acid groups (broad SMARTS) is 1. The second-order valence-electron chi connectivity index (χ2n) is 6.25. The Balaban J connectivity index is 1.83. The van der Waals surface area contributed by atoms with Gasteiger partial charge in [-0.15, -0.1) is 0 Å². The molecular formula is C20H16ClFN2O5S2. The topological polar surface area (TPSA) is 95.9 Å². The van der Waals surface area contributed by atoms with Gasteiger partial charge in [0.05, 0.1) is 23.4 Å². The average molecular weight is 483 g/mol. The number of anilines is 1. The normalized spacial score (nSPS) is 15.7. The minimum atomic E-state index is -4.14. The van der Waals surface area contributed by atoms with Gasteiger partial charge in [-0.1, -0.05) is 47.3 Å². The number of halogens is 2.